The third-order valence-electron chi connectivity index (χ3n) is 3.86. The lowest BCUT2D eigenvalue weighted by atomic mass is 10.1. The molecule has 1 aromatic carbocycles. The summed E-state index contributed by atoms with van der Waals surface area (Å²) in [6.07, 6.45) is 4.93. The molecule has 3 N–H and O–H groups in total. The van der Waals surface area contributed by atoms with Crippen LogP contribution in [-0.2, 0) is 6.54 Å². The van der Waals surface area contributed by atoms with Gasteiger partial charge in [-0.2, -0.15) is 0 Å². The summed E-state index contributed by atoms with van der Waals surface area (Å²) in [7, 11) is 1.66. The first-order chi connectivity index (χ1) is 11.1. The van der Waals surface area contributed by atoms with Crippen molar-refractivity contribution in [1.82, 2.24) is 5.32 Å². The molecule has 1 aliphatic rings. The van der Waals surface area contributed by atoms with E-state index in [2.05, 4.69) is 16.9 Å². The maximum atomic E-state index is 6.19. The summed E-state index contributed by atoms with van der Waals surface area (Å²) in [4.78, 5) is 4.38. The molecule has 5 nitrogen and oxygen atoms in total. The van der Waals surface area contributed by atoms with Crippen LogP contribution >= 0.6 is 24.0 Å². The molecule has 0 heterocycles. The van der Waals surface area contributed by atoms with Crippen molar-refractivity contribution in [2.45, 2.75) is 45.3 Å². The standard InChI is InChI=1S/C18H27N3O2.HI/c1-13(2)11-20-18(19)21-12-14-7-6-10-16(22-3)17(14)23-15-8-4-5-9-15;/h6-7,10,15H,1,4-5,8-9,11-12H2,2-3H3,(H3,19,20,21);1H. The highest BCUT2D eigenvalue weighted by Crippen LogP contribution is 2.35. The molecule has 1 saturated carbocycles. The van der Waals surface area contributed by atoms with E-state index in [1.165, 1.54) is 12.8 Å². The molecule has 0 amide bonds. The molecule has 134 valence electrons. The Balaban J connectivity index is 0.00000288. The van der Waals surface area contributed by atoms with Crippen molar-refractivity contribution in [3.05, 3.63) is 35.9 Å². The van der Waals surface area contributed by atoms with Crippen LogP contribution in [0.4, 0.5) is 0 Å². The van der Waals surface area contributed by atoms with Gasteiger partial charge in [-0.15, -0.1) is 24.0 Å². The average Bonchev–Trinajstić information content (AvgIpc) is 3.04. The van der Waals surface area contributed by atoms with Crippen molar-refractivity contribution >= 4 is 29.9 Å². The van der Waals surface area contributed by atoms with E-state index < -0.39 is 0 Å². The number of aliphatic imine (C=N–C) groups is 1. The van der Waals surface area contributed by atoms with Gasteiger partial charge in [-0.05, 0) is 38.7 Å². The lowest BCUT2D eigenvalue weighted by Gasteiger charge is -2.18. The minimum atomic E-state index is 0. The largest absolute Gasteiger partial charge is 0.493 e. The SMILES string of the molecule is C=C(C)CNC(N)=NCc1cccc(OC)c1OC1CCCC1.I. The molecule has 0 saturated heterocycles. The van der Waals surface area contributed by atoms with E-state index in [9.17, 15) is 0 Å². The van der Waals surface area contributed by atoms with Crippen molar-refractivity contribution in [3.63, 3.8) is 0 Å². The average molecular weight is 445 g/mol. The van der Waals surface area contributed by atoms with Crippen molar-refractivity contribution in [2.24, 2.45) is 10.7 Å². The smallest absolute Gasteiger partial charge is 0.189 e. The summed E-state index contributed by atoms with van der Waals surface area (Å²) in [6.45, 7) is 6.85. The Labute approximate surface area is 161 Å². The Morgan fingerprint density at radius 2 is 2.08 bits per heavy atom. The minimum absolute atomic E-state index is 0. The molecular weight excluding hydrogens is 417 g/mol. The fourth-order valence-electron chi connectivity index (χ4n) is 2.62. The molecule has 0 aliphatic heterocycles. The Morgan fingerprint density at radius 1 is 1.38 bits per heavy atom. The number of nitrogens with one attached hydrogen (secondary N) is 1. The molecule has 6 heteroatoms. The predicted octanol–water partition coefficient (Wildman–Crippen LogP) is 3.62. The number of hydrogen-bond donors (Lipinski definition) is 2. The van der Waals surface area contributed by atoms with Crippen molar-refractivity contribution < 1.29 is 9.47 Å². The van der Waals surface area contributed by atoms with Gasteiger partial charge in [0.05, 0.1) is 19.8 Å². The van der Waals surface area contributed by atoms with Gasteiger partial charge in [0.15, 0.2) is 17.5 Å². The molecule has 0 aromatic heterocycles. The number of nitrogens with zero attached hydrogens (tertiary/aromatic N) is 1. The quantitative estimate of drug-likeness (QED) is 0.291. The predicted molar refractivity (Wildman–Crippen MR) is 109 cm³/mol. The lowest BCUT2D eigenvalue weighted by molar-refractivity contribution is 0.198. The second-order valence-electron chi connectivity index (χ2n) is 5.98. The van der Waals surface area contributed by atoms with Crippen LogP contribution in [0.1, 0.15) is 38.2 Å². The molecule has 0 spiro atoms. The maximum Gasteiger partial charge on any atom is 0.189 e. The molecule has 1 aliphatic carbocycles. The minimum Gasteiger partial charge on any atom is -0.493 e. The van der Waals surface area contributed by atoms with Gasteiger partial charge in [0.25, 0.3) is 0 Å². The monoisotopic (exact) mass is 445 g/mol. The van der Waals surface area contributed by atoms with E-state index in [1.54, 1.807) is 7.11 Å². The van der Waals surface area contributed by atoms with Crippen LogP contribution in [0.3, 0.4) is 0 Å². The van der Waals surface area contributed by atoms with Crippen LogP contribution in [0, 0.1) is 0 Å². The summed E-state index contributed by atoms with van der Waals surface area (Å²) in [5, 5.41) is 3.03. The second kappa shape index (κ2) is 10.4. The Morgan fingerprint density at radius 3 is 2.71 bits per heavy atom. The fraction of sp³-hybridized carbons (Fsp3) is 0.500. The molecule has 0 atom stereocenters. The van der Waals surface area contributed by atoms with Crippen LogP contribution in [0.5, 0.6) is 11.5 Å². The molecule has 1 fully saturated rings. The normalized spacial score (nSPS) is 14.8. The van der Waals surface area contributed by atoms with Crippen LogP contribution in [-0.4, -0.2) is 25.7 Å². The van der Waals surface area contributed by atoms with Crippen molar-refractivity contribution in [2.75, 3.05) is 13.7 Å². The summed E-state index contributed by atoms with van der Waals surface area (Å²) in [5.74, 6) is 1.94. The number of halogens is 1. The molecule has 2 rings (SSSR count). The lowest BCUT2D eigenvalue weighted by Crippen LogP contribution is -2.32. The number of ether oxygens (including phenoxy) is 2. The van der Waals surface area contributed by atoms with Crippen molar-refractivity contribution in [1.29, 1.82) is 0 Å². The third kappa shape index (κ3) is 6.22. The van der Waals surface area contributed by atoms with Crippen molar-refractivity contribution in [3.8, 4) is 11.5 Å². The summed E-state index contributed by atoms with van der Waals surface area (Å²) in [6, 6.07) is 5.87. The van der Waals surface area contributed by atoms with Gasteiger partial charge in [-0.1, -0.05) is 24.3 Å². The van der Waals surface area contributed by atoms with Gasteiger partial charge in [0.1, 0.15) is 0 Å². The number of para-hydroxylation sites is 1. The van der Waals surface area contributed by atoms with Gasteiger partial charge in [0.2, 0.25) is 0 Å². The van der Waals surface area contributed by atoms with Crippen LogP contribution in [0.2, 0.25) is 0 Å². The Kier molecular flexibility index (Phi) is 8.95. The second-order valence-corrected chi connectivity index (χ2v) is 5.98. The van der Waals surface area contributed by atoms with E-state index in [0.29, 0.717) is 19.0 Å². The summed E-state index contributed by atoms with van der Waals surface area (Å²) in [5.41, 5.74) is 7.87. The zero-order valence-electron chi connectivity index (χ0n) is 14.5. The van der Waals surface area contributed by atoms with Gasteiger partial charge >= 0.3 is 0 Å². The van der Waals surface area contributed by atoms with Gasteiger partial charge in [-0.25, -0.2) is 4.99 Å². The molecule has 1 aromatic rings. The highest BCUT2D eigenvalue weighted by atomic mass is 127. The Bertz CT molecular complexity index is 569. The molecule has 0 bridgehead atoms. The van der Waals surface area contributed by atoms with Crippen LogP contribution in [0.25, 0.3) is 0 Å². The van der Waals surface area contributed by atoms with Gasteiger partial charge < -0.3 is 20.5 Å². The molecule has 0 radical (unpaired) electrons. The van der Waals surface area contributed by atoms with Gasteiger partial charge in [-0.3, -0.25) is 0 Å². The first-order valence-electron chi connectivity index (χ1n) is 8.11. The highest BCUT2D eigenvalue weighted by molar-refractivity contribution is 14.0. The fourth-order valence-corrected chi connectivity index (χ4v) is 2.62. The first kappa shape index (κ1) is 20.6. The van der Waals surface area contributed by atoms with Crippen LogP contribution < -0.4 is 20.5 Å². The number of methoxy groups -OCH3 is 1. The summed E-state index contributed by atoms with van der Waals surface area (Å²) >= 11 is 0. The molecule has 0 unspecified atom stereocenters. The molecular formula is C18H28IN3O2. The zero-order chi connectivity index (χ0) is 16.7. The third-order valence-corrected chi connectivity index (χ3v) is 3.86. The topological polar surface area (TPSA) is 68.9 Å². The molecule has 24 heavy (non-hydrogen) atoms. The van der Waals surface area contributed by atoms with Gasteiger partial charge in [0, 0.05) is 12.1 Å². The summed E-state index contributed by atoms with van der Waals surface area (Å²) < 4.78 is 11.6. The van der Waals surface area contributed by atoms with E-state index in [-0.39, 0.29) is 30.1 Å². The van der Waals surface area contributed by atoms with E-state index >= 15 is 0 Å². The number of benzene rings is 1. The highest BCUT2D eigenvalue weighted by Gasteiger charge is 2.20. The Hall–Kier alpha value is -1.44. The van der Waals surface area contributed by atoms with E-state index in [0.717, 1.165) is 35.5 Å². The zero-order valence-corrected chi connectivity index (χ0v) is 16.8. The van der Waals surface area contributed by atoms with E-state index in [4.69, 9.17) is 15.2 Å². The van der Waals surface area contributed by atoms with E-state index in [1.807, 2.05) is 25.1 Å². The number of nitrogens with two attached hydrogens (primary N) is 1. The number of hydrogen-bond acceptors (Lipinski definition) is 3. The number of rotatable bonds is 7. The number of guanidine groups is 1. The maximum absolute atomic E-state index is 6.19. The van der Waals surface area contributed by atoms with Crippen LogP contribution in [0.15, 0.2) is 35.3 Å². The first-order valence-corrected chi connectivity index (χ1v) is 8.11.